The van der Waals surface area contributed by atoms with Crippen LogP contribution >= 0.6 is 12.4 Å². The van der Waals surface area contributed by atoms with Crippen LogP contribution in [0.5, 0.6) is 0 Å². The molecule has 0 aliphatic heterocycles. The summed E-state index contributed by atoms with van der Waals surface area (Å²) in [5, 5.41) is 6.55. The Hall–Kier alpha value is -1.07. The molecular weight excluding hydrogens is 230 g/mol. The largest absolute Gasteiger partial charge is 0.364 e. The maximum Gasteiger partial charge on any atom is 0.273 e. The zero-order valence-electron chi connectivity index (χ0n) is 8.94. The maximum atomic E-state index is 11.7. The fourth-order valence-electron chi connectivity index (χ4n) is 2.07. The molecule has 0 unspecified atom stereocenters. The maximum absolute atomic E-state index is 11.7. The Balaban J connectivity index is 0.00000128. The average molecular weight is 246 g/mol. The van der Waals surface area contributed by atoms with E-state index < -0.39 is 0 Å². The molecule has 0 radical (unpaired) electrons. The van der Waals surface area contributed by atoms with E-state index in [2.05, 4.69) is 15.0 Å². The van der Waals surface area contributed by atoms with Gasteiger partial charge in [-0.3, -0.25) is 4.79 Å². The van der Waals surface area contributed by atoms with Gasteiger partial charge in [0.1, 0.15) is 6.26 Å². The molecule has 16 heavy (non-hydrogen) atoms. The highest BCUT2D eigenvalue weighted by Gasteiger charge is 2.34. The number of hydrogen-bond acceptors (Lipinski definition) is 4. The monoisotopic (exact) mass is 245 g/mol. The minimum atomic E-state index is -0.226. The van der Waals surface area contributed by atoms with E-state index in [-0.39, 0.29) is 23.9 Å². The van der Waals surface area contributed by atoms with Gasteiger partial charge in [0.2, 0.25) is 0 Å². The van der Waals surface area contributed by atoms with Gasteiger partial charge in [-0.25, -0.2) is 0 Å². The molecule has 5 nitrogen and oxygen atoms in total. The van der Waals surface area contributed by atoms with Gasteiger partial charge in [0.25, 0.3) is 5.91 Å². The number of amides is 1. The molecule has 1 aromatic heterocycles. The second-order valence-electron chi connectivity index (χ2n) is 4.03. The molecular formula is C10H16ClN3O2. The summed E-state index contributed by atoms with van der Waals surface area (Å²) in [4.78, 5) is 11.7. The van der Waals surface area contributed by atoms with Crippen molar-refractivity contribution in [3.8, 4) is 0 Å². The van der Waals surface area contributed by atoms with Crippen LogP contribution in [-0.2, 0) is 0 Å². The summed E-state index contributed by atoms with van der Waals surface area (Å²) in [7, 11) is 0. The van der Waals surface area contributed by atoms with E-state index >= 15 is 0 Å². The molecule has 3 N–H and O–H groups in total. The number of nitrogens with two attached hydrogens (primary N) is 1. The summed E-state index contributed by atoms with van der Waals surface area (Å²) in [6, 6.07) is 1.55. The van der Waals surface area contributed by atoms with Crippen LogP contribution in [0.4, 0.5) is 0 Å². The highest BCUT2D eigenvalue weighted by atomic mass is 35.5. The first-order valence-corrected chi connectivity index (χ1v) is 5.19. The van der Waals surface area contributed by atoms with Crippen molar-refractivity contribution in [1.82, 2.24) is 10.5 Å². The van der Waals surface area contributed by atoms with Crippen LogP contribution in [0.1, 0.15) is 36.2 Å². The molecule has 1 aliphatic carbocycles. The van der Waals surface area contributed by atoms with E-state index in [0.717, 1.165) is 25.7 Å². The summed E-state index contributed by atoms with van der Waals surface area (Å²) in [5.41, 5.74) is 5.80. The lowest BCUT2D eigenvalue weighted by Crippen LogP contribution is -2.51. The number of carbonyl (C=O) groups excluding carboxylic acids is 1. The molecule has 1 aromatic rings. The molecule has 1 fully saturated rings. The Labute approximate surface area is 100 Å². The SMILES string of the molecule is Cl.NCC1(NC(=O)c2ccon2)CCCC1. The van der Waals surface area contributed by atoms with Gasteiger partial charge < -0.3 is 15.6 Å². The number of hydrogen-bond donors (Lipinski definition) is 2. The Morgan fingerprint density at radius 3 is 2.75 bits per heavy atom. The number of rotatable bonds is 3. The molecule has 0 atom stereocenters. The molecule has 1 saturated carbocycles. The minimum Gasteiger partial charge on any atom is -0.364 e. The molecule has 0 spiro atoms. The summed E-state index contributed by atoms with van der Waals surface area (Å²) >= 11 is 0. The normalized spacial score (nSPS) is 17.8. The van der Waals surface area contributed by atoms with Gasteiger partial charge in [-0.15, -0.1) is 12.4 Å². The molecule has 90 valence electrons. The van der Waals surface area contributed by atoms with Gasteiger partial charge in [0, 0.05) is 12.6 Å². The minimum absolute atomic E-state index is 0. The zero-order chi connectivity index (χ0) is 10.7. The van der Waals surface area contributed by atoms with Crippen molar-refractivity contribution in [3.63, 3.8) is 0 Å². The third kappa shape index (κ3) is 2.54. The predicted octanol–water partition coefficient (Wildman–Crippen LogP) is 1.10. The van der Waals surface area contributed by atoms with Crippen molar-refractivity contribution in [2.75, 3.05) is 6.54 Å². The first-order valence-electron chi connectivity index (χ1n) is 5.19. The molecule has 0 bridgehead atoms. The van der Waals surface area contributed by atoms with Crippen molar-refractivity contribution in [3.05, 3.63) is 18.0 Å². The quantitative estimate of drug-likeness (QED) is 0.836. The van der Waals surface area contributed by atoms with E-state index in [9.17, 15) is 4.79 Å². The van der Waals surface area contributed by atoms with Gasteiger partial charge in [-0.2, -0.15) is 0 Å². The highest BCUT2D eigenvalue weighted by molar-refractivity contribution is 5.92. The van der Waals surface area contributed by atoms with Crippen molar-refractivity contribution >= 4 is 18.3 Å². The van der Waals surface area contributed by atoms with Gasteiger partial charge in [-0.1, -0.05) is 18.0 Å². The Kier molecular flexibility index (Phi) is 4.32. The number of carbonyl (C=O) groups is 1. The van der Waals surface area contributed by atoms with Crippen LogP contribution < -0.4 is 11.1 Å². The molecule has 2 rings (SSSR count). The van der Waals surface area contributed by atoms with Gasteiger partial charge >= 0.3 is 0 Å². The third-order valence-electron chi connectivity index (χ3n) is 3.00. The van der Waals surface area contributed by atoms with Crippen molar-refractivity contribution in [2.45, 2.75) is 31.2 Å². The smallest absolute Gasteiger partial charge is 0.273 e. The first-order chi connectivity index (χ1) is 7.26. The van der Waals surface area contributed by atoms with E-state index in [1.807, 2.05) is 0 Å². The number of aromatic nitrogens is 1. The molecule has 1 amide bonds. The summed E-state index contributed by atoms with van der Waals surface area (Å²) in [5.74, 6) is -0.198. The highest BCUT2D eigenvalue weighted by Crippen LogP contribution is 2.28. The standard InChI is InChI=1S/C10H15N3O2.ClH/c11-7-10(4-1-2-5-10)12-9(14)8-3-6-15-13-8;/h3,6H,1-2,4-5,7,11H2,(H,12,14);1H. The number of nitrogens with zero attached hydrogens (tertiary/aromatic N) is 1. The Bertz CT molecular complexity index is 334. The Morgan fingerprint density at radius 1 is 1.56 bits per heavy atom. The molecule has 1 aliphatic rings. The van der Waals surface area contributed by atoms with Crippen LogP contribution in [0.25, 0.3) is 0 Å². The summed E-state index contributed by atoms with van der Waals surface area (Å²) in [6.45, 7) is 0.483. The van der Waals surface area contributed by atoms with Crippen LogP contribution in [-0.4, -0.2) is 23.1 Å². The predicted molar refractivity (Wildman–Crippen MR) is 61.5 cm³/mol. The van der Waals surface area contributed by atoms with E-state index in [4.69, 9.17) is 5.73 Å². The van der Waals surface area contributed by atoms with Gasteiger partial charge in [-0.05, 0) is 12.8 Å². The van der Waals surface area contributed by atoms with Crippen molar-refractivity contribution < 1.29 is 9.32 Å². The molecule has 0 saturated heterocycles. The molecule has 1 heterocycles. The topological polar surface area (TPSA) is 81.1 Å². The van der Waals surface area contributed by atoms with Crippen molar-refractivity contribution in [2.24, 2.45) is 5.73 Å². The fourth-order valence-corrected chi connectivity index (χ4v) is 2.07. The van der Waals surface area contributed by atoms with E-state index in [0.29, 0.717) is 12.2 Å². The molecule has 0 aromatic carbocycles. The lowest BCUT2D eigenvalue weighted by Gasteiger charge is -2.28. The van der Waals surface area contributed by atoms with E-state index in [1.165, 1.54) is 6.26 Å². The van der Waals surface area contributed by atoms with E-state index in [1.54, 1.807) is 6.07 Å². The van der Waals surface area contributed by atoms with Crippen LogP contribution in [0.2, 0.25) is 0 Å². The van der Waals surface area contributed by atoms with Crippen LogP contribution in [0, 0.1) is 0 Å². The zero-order valence-corrected chi connectivity index (χ0v) is 9.76. The third-order valence-corrected chi connectivity index (χ3v) is 3.00. The summed E-state index contributed by atoms with van der Waals surface area (Å²) in [6.07, 6.45) is 5.53. The number of halogens is 1. The van der Waals surface area contributed by atoms with Gasteiger partial charge in [0.05, 0.1) is 5.54 Å². The van der Waals surface area contributed by atoms with Crippen LogP contribution in [0.15, 0.2) is 16.9 Å². The van der Waals surface area contributed by atoms with Crippen molar-refractivity contribution in [1.29, 1.82) is 0 Å². The fraction of sp³-hybridized carbons (Fsp3) is 0.600. The lowest BCUT2D eigenvalue weighted by molar-refractivity contribution is 0.0894. The number of nitrogens with one attached hydrogen (secondary N) is 1. The lowest BCUT2D eigenvalue weighted by atomic mass is 9.97. The second kappa shape index (κ2) is 5.32. The first kappa shape index (κ1) is 13.0. The average Bonchev–Trinajstić information content (AvgIpc) is 2.88. The second-order valence-corrected chi connectivity index (χ2v) is 4.03. The van der Waals surface area contributed by atoms with Gasteiger partial charge in [0.15, 0.2) is 5.69 Å². The summed E-state index contributed by atoms with van der Waals surface area (Å²) < 4.78 is 4.62. The molecule has 6 heteroatoms. The Morgan fingerprint density at radius 2 is 2.25 bits per heavy atom. The van der Waals surface area contributed by atoms with Crippen LogP contribution in [0.3, 0.4) is 0 Å².